The fourth-order valence-corrected chi connectivity index (χ4v) is 3.47. The number of nitrogens with one attached hydrogen (secondary N) is 1. The number of imidazole rings is 1. The maximum Gasteiger partial charge on any atom is 0.227 e. The van der Waals surface area contributed by atoms with Crippen LogP contribution in [0.2, 0.25) is 5.15 Å². The SMILES string of the molecule is O=C(Cc1nc2n(n1)Cc1c(Cl)ncn1-c1ccc(Br)cc1-2)NCCO. The molecule has 0 spiro atoms. The minimum absolute atomic E-state index is 0.0380. The summed E-state index contributed by atoms with van der Waals surface area (Å²) < 4.78 is 4.56. The summed E-state index contributed by atoms with van der Waals surface area (Å²) in [6.45, 7) is 0.492. The van der Waals surface area contributed by atoms with Crippen molar-refractivity contribution in [3.63, 3.8) is 0 Å². The molecule has 4 rings (SSSR count). The van der Waals surface area contributed by atoms with E-state index >= 15 is 0 Å². The van der Waals surface area contributed by atoms with Crippen LogP contribution in [0.5, 0.6) is 0 Å². The van der Waals surface area contributed by atoms with Crippen molar-refractivity contribution in [2.45, 2.75) is 13.0 Å². The van der Waals surface area contributed by atoms with Gasteiger partial charge in [-0.1, -0.05) is 27.5 Å². The summed E-state index contributed by atoms with van der Waals surface area (Å²) in [4.78, 5) is 20.7. The van der Waals surface area contributed by atoms with Gasteiger partial charge in [0, 0.05) is 16.6 Å². The molecule has 1 aromatic carbocycles. The lowest BCUT2D eigenvalue weighted by Crippen LogP contribution is -2.28. The molecule has 3 aromatic rings. The molecule has 2 N–H and O–H groups in total. The molecule has 1 aliphatic rings. The molecule has 2 aromatic heterocycles. The van der Waals surface area contributed by atoms with Gasteiger partial charge in [-0.05, 0) is 18.2 Å². The van der Waals surface area contributed by atoms with Gasteiger partial charge in [0.1, 0.15) is 6.33 Å². The third-order valence-corrected chi connectivity index (χ3v) is 4.85. The Balaban J connectivity index is 1.79. The minimum Gasteiger partial charge on any atom is -0.395 e. The molecule has 0 aliphatic carbocycles. The van der Waals surface area contributed by atoms with Gasteiger partial charge in [-0.15, -0.1) is 0 Å². The van der Waals surface area contributed by atoms with E-state index < -0.39 is 0 Å². The number of amides is 1. The van der Waals surface area contributed by atoms with Crippen LogP contribution < -0.4 is 5.32 Å². The molecule has 0 saturated carbocycles. The summed E-state index contributed by atoms with van der Waals surface area (Å²) >= 11 is 9.74. The van der Waals surface area contributed by atoms with Crippen molar-refractivity contribution >= 4 is 33.4 Å². The number of aliphatic hydroxyl groups excluding tert-OH is 1. The first-order valence-electron chi connectivity index (χ1n) is 7.90. The Morgan fingerprint density at radius 1 is 1.42 bits per heavy atom. The number of benzene rings is 1. The summed E-state index contributed by atoms with van der Waals surface area (Å²) in [5, 5.41) is 16.3. The third kappa shape index (κ3) is 3.02. The quantitative estimate of drug-likeness (QED) is 0.505. The summed E-state index contributed by atoms with van der Waals surface area (Å²) in [6, 6.07) is 5.85. The maximum atomic E-state index is 11.9. The lowest BCUT2D eigenvalue weighted by molar-refractivity contribution is -0.120. The first kappa shape index (κ1) is 17.2. The van der Waals surface area contributed by atoms with E-state index in [0.29, 0.717) is 23.3 Å². The highest BCUT2D eigenvalue weighted by Crippen LogP contribution is 2.34. The zero-order valence-corrected chi connectivity index (χ0v) is 15.8. The summed E-state index contributed by atoms with van der Waals surface area (Å²) in [5.41, 5.74) is 2.56. The molecule has 0 radical (unpaired) electrons. The Kier molecular flexibility index (Phi) is 4.51. The second-order valence-electron chi connectivity index (χ2n) is 5.77. The fraction of sp³-hybridized carbons (Fsp3) is 0.250. The zero-order valence-electron chi connectivity index (χ0n) is 13.5. The first-order chi connectivity index (χ1) is 12.6. The molecular formula is C16H14BrClN6O2. The molecule has 0 atom stereocenters. The van der Waals surface area contributed by atoms with Crippen molar-refractivity contribution < 1.29 is 9.90 Å². The Hall–Kier alpha value is -2.23. The van der Waals surface area contributed by atoms with E-state index in [1.807, 2.05) is 22.8 Å². The van der Waals surface area contributed by atoms with E-state index in [0.717, 1.165) is 21.4 Å². The number of carbonyl (C=O) groups is 1. The average molecular weight is 438 g/mol. The maximum absolute atomic E-state index is 11.9. The predicted octanol–water partition coefficient (Wildman–Crippen LogP) is 1.56. The van der Waals surface area contributed by atoms with Crippen molar-refractivity contribution in [1.82, 2.24) is 29.6 Å². The van der Waals surface area contributed by atoms with Crippen LogP contribution in [0.4, 0.5) is 0 Å². The van der Waals surface area contributed by atoms with Crippen molar-refractivity contribution in [3.05, 3.63) is 45.7 Å². The highest BCUT2D eigenvalue weighted by molar-refractivity contribution is 9.10. The summed E-state index contributed by atoms with van der Waals surface area (Å²) in [5.74, 6) is 0.828. The average Bonchev–Trinajstić information content (AvgIpc) is 3.14. The van der Waals surface area contributed by atoms with Gasteiger partial charge in [0.05, 0.1) is 31.0 Å². The molecule has 0 fully saturated rings. The number of halogens is 2. The van der Waals surface area contributed by atoms with Crippen LogP contribution in [-0.4, -0.2) is 48.5 Å². The normalized spacial score (nSPS) is 12.1. The molecular weight excluding hydrogens is 424 g/mol. The van der Waals surface area contributed by atoms with Gasteiger partial charge < -0.3 is 10.4 Å². The number of aliphatic hydroxyl groups is 1. The lowest BCUT2D eigenvalue weighted by Gasteiger charge is -2.08. The molecule has 0 bridgehead atoms. The molecule has 1 amide bonds. The third-order valence-electron chi connectivity index (χ3n) is 4.04. The van der Waals surface area contributed by atoms with E-state index in [-0.39, 0.29) is 25.5 Å². The van der Waals surface area contributed by atoms with Crippen molar-refractivity contribution in [2.24, 2.45) is 0 Å². The Bertz CT molecular complexity index is 999. The van der Waals surface area contributed by atoms with Gasteiger partial charge >= 0.3 is 0 Å². The number of carbonyl (C=O) groups excluding carboxylic acids is 1. The fourth-order valence-electron chi connectivity index (χ4n) is 2.92. The molecule has 134 valence electrons. The largest absolute Gasteiger partial charge is 0.395 e. The van der Waals surface area contributed by atoms with Crippen molar-refractivity contribution in [1.29, 1.82) is 0 Å². The summed E-state index contributed by atoms with van der Waals surface area (Å²) in [7, 11) is 0. The van der Waals surface area contributed by atoms with Gasteiger partial charge in [-0.25, -0.2) is 14.6 Å². The smallest absolute Gasteiger partial charge is 0.227 e. The Labute approximate surface area is 162 Å². The second kappa shape index (κ2) is 6.82. The number of aromatic nitrogens is 5. The van der Waals surface area contributed by atoms with Crippen LogP contribution in [0.15, 0.2) is 29.0 Å². The van der Waals surface area contributed by atoms with Gasteiger partial charge in [-0.3, -0.25) is 9.36 Å². The van der Waals surface area contributed by atoms with E-state index in [9.17, 15) is 4.79 Å². The molecule has 10 heteroatoms. The van der Waals surface area contributed by atoms with Crippen LogP contribution in [0.1, 0.15) is 11.5 Å². The second-order valence-corrected chi connectivity index (χ2v) is 7.05. The number of rotatable bonds is 4. The van der Waals surface area contributed by atoms with E-state index in [1.54, 1.807) is 11.0 Å². The van der Waals surface area contributed by atoms with Gasteiger partial charge in [0.25, 0.3) is 0 Å². The molecule has 8 nitrogen and oxygen atoms in total. The van der Waals surface area contributed by atoms with E-state index in [1.165, 1.54) is 0 Å². The highest BCUT2D eigenvalue weighted by Gasteiger charge is 2.25. The Morgan fingerprint density at radius 3 is 3.08 bits per heavy atom. The van der Waals surface area contributed by atoms with Crippen LogP contribution in [-0.2, 0) is 17.8 Å². The van der Waals surface area contributed by atoms with Crippen molar-refractivity contribution in [2.75, 3.05) is 13.2 Å². The molecule has 0 saturated heterocycles. The number of fused-ring (bicyclic) bond motifs is 5. The monoisotopic (exact) mass is 436 g/mol. The van der Waals surface area contributed by atoms with E-state index in [4.69, 9.17) is 16.7 Å². The molecule has 0 unspecified atom stereocenters. The zero-order chi connectivity index (χ0) is 18.3. The summed E-state index contributed by atoms with van der Waals surface area (Å²) in [6.07, 6.45) is 1.72. The van der Waals surface area contributed by atoms with E-state index in [2.05, 4.69) is 36.3 Å². The van der Waals surface area contributed by atoms with Crippen LogP contribution in [0.3, 0.4) is 0 Å². The highest BCUT2D eigenvalue weighted by atomic mass is 79.9. The molecule has 1 aliphatic heterocycles. The van der Waals surface area contributed by atoms with Gasteiger partial charge in [0.2, 0.25) is 5.91 Å². The van der Waals surface area contributed by atoms with Gasteiger partial charge in [0.15, 0.2) is 16.8 Å². The number of hydrogen-bond acceptors (Lipinski definition) is 5. The van der Waals surface area contributed by atoms with Crippen LogP contribution in [0.25, 0.3) is 17.1 Å². The van der Waals surface area contributed by atoms with Crippen LogP contribution in [0, 0.1) is 0 Å². The molecule has 26 heavy (non-hydrogen) atoms. The van der Waals surface area contributed by atoms with Crippen LogP contribution >= 0.6 is 27.5 Å². The number of nitrogens with zero attached hydrogens (tertiary/aromatic N) is 5. The van der Waals surface area contributed by atoms with Gasteiger partial charge in [-0.2, -0.15) is 5.10 Å². The standard InChI is InChI=1S/C16H14BrClN6O2/c17-9-1-2-11-10(5-9)16-21-13(6-14(26)19-3-4-25)22-24(16)7-12-15(18)20-8-23(11)12/h1-2,5,8,25H,3-4,6-7H2,(H,19,26). The van der Waals surface area contributed by atoms with Crippen molar-refractivity contribution in [3.8, 4) is 17.1 Å². The number of hydrogen-bond donors (Lipinski definition) is 2. The first-order valence-corrected chi connectivity index (χ1v) is 9.07. The predicted molar refractivity (Wildman–Crippen MR) is 98.2 cm³/mol. The topological polar surface area (TPSA) is 97.9 Å². The Morgan fingerprint density at radius 2 is 2.27 bits per heavy atom. The minimum atomic E-state index is -0.239. The lowest BCUT2D eigenvalue weighted by atomic mass is 10.1. The molecule has 3 heterocycles.